The number of aromatic amines is 1. The molecule has 1 aliphatic carbocycles. The van der Waals surface area contributed by atoms with Crippen LogP contribution in [0.1, 0.15) is 54.9 Å². The van der Waals surface area contributed by atoms with Crippen molar-refractivity contribution in [3.8, 4) is 0 Å². The number of nitrogens with zero attached hydrogens (tertiary/aromatic N) is 3. The first-order valence-electron chi connectivity index (χ1n) is 8.64. The summed E-state index contributed by atoms with van der Waals surface area (Å²) in [7, 11) is 0. The summed E-state index contributed by atoms with van der Waals surface area (Å²) >= 11 is 7.57. The van der Waals surface area contributed by atoms with Crippen molar-refractivity contribution in [3.05, 3.63) is 37.3 Å². The fraction of sp³-hybridized carbons (Fsp3) is 0.588. The van der Waals surface area contributed by atoms with E-state index in [1.807, 2.05) is 13.8 Å². The number of thiazole rings is 1. The number of fused-ring (bicyclic) bond motifs is 1. The lowest BCUT2D eigenvalue weighted by Gasteiger charge is -2.42. The Morgan fingerprint density at radius 2 is 2.16 bits per heavy atom. The topological polar surface area (TPSA) is 87.9 Å². The fourth-order valence-electron chi connectivity index (χ4n) is 4.00. The monoisotopic (exact) mass is 379 g/mol. The Kier molecular flexibility index (Phi) is 4.13. The number of piperidine rings is 1. The van der Waals surface area contributed by atoms with Crippen LogP contribution >= 0.6 is 22.9 Å². The van der Waals surface area contributed by atoms with Gasteiger partial charge in [0.05, 0.1) is 11.7 Å². The van der Waals surface area contributed by atoms with Crippen LogP contribution in [-0.2, 0) is 6.42 Å². The van der Waals surface area contributed by atoms with Gasteiger partial charge in [-0.05, 0) is 30.6 Å². The molecule has 2 aliphatic rings. The van der Waals surface area contributed by atoms with Crippen molar-refractivity contribution in [2.45, 2.75) is 45.1 Å². The highest BCUT2D eigenvalue weighted by Gasteiger charge is 2.48. The van der Waals surface area contributed by atoms with Crippen molar-refractivity contribution >= 4 is 28.8 Å². The van der Waals surface area contributed by atoms with Crippen molar-refractivity contribution in [3.63, 3.8) is 0 Å². The van der Waals surface area contributed by atoms with Gasteiger partial charge in [-0.1, -0.05) is 25.4 Å². The second kappa shape index (κ2) is 6.07. The Morgan fingerprint density at radius 3 is 2.76 bits per heavy atom. The molecular formula is C17H22ClN5OS. The molecule has 3 heterocycles. The average Bonchev–Trinajstić information content (AvgIpc) is 3.04. The van der Waals surface area contributed by atoms with Gasteiger partial charge in [-0.25, -0.2) is 9.97 Å². The van der Waals surface area contributed by atoms with Crippen molar-refractivity contribution in [1.29, 1.82) is 0 Å². The molecule has 1 atom stereocenters. The average molecular weight is 380 g/mol. The van der Waals surface area contributed by atoms with Gasteiger partial charge in [0, 0.05) is 29.9 Å². The molecule has 0 amide bonds. The molecule has 1 aliphatic heterocycles. The number of H-pyrrole nitrogens is 1. The van der Waals surface area contributed by atoms with E-state index in [0.717, 1.165) is 43.7 Å². The molecule has 1 spiro atoms. The Balaban J connectivity index is 1.51. The minimum absolute atomic E-state index is 0.0416. The van der Waals surface area contributed by atoms with Crippen LogP contribution in [0.3, 0.4) is 0 Å². The molecule has 1 unspecified atom stereocenters. The fourth-order valence-corrected chi connectivity index (χ4v) is 5.36. The Hall–Kier alpha value is -1.44. The van der Waals surface area contributed by atoms with Gasteiger partial charge in [-0.15, -0.1) is 11.3 Å². The molecule has 1 fully saturated rings. The lowest BCUT2D eigenvalue weighted by molar-refractivity contribution is 0.186. The maximum Gasteiger partial charge on any atom is 0.291 e. The summed E-state index contributed by atoms with van der Waals surface area (Å²) in [5.74, 6) is 0.774. The van der Waals surface area contributed by atoms with Crippen LogP contribution < -0.4 is 16.2 Å². The Morgan fingerprint density at radius 1 is 1.44 bits per heavy atom. The quantitative estimate of drug-likeness (QED) is 0.837. The van der Waals surface area contributed by atoms with Crippen LogP contribution in [0, 0.1) is 5.41 Å². The predicted octanol–water partition coefficient (Wildman–Crippen LogP) is 2.85. The first kappa shape index (κ1) is 17.0. The third-order valence-corrected chi connectivity index (χ3v) is 6.81. The number of hydrogen-bond donors (Lipinski definition) is 2. The highest BCUT2D eigenvalue weighted by molar-refractivity contribution is 7.15. The summed E-state index contributed by atoms with van der Waals surface area (Å²) in [6.07, 6.45) is 4.58. The van der Waals surface area contributed by atoms with E-state index in [4.69, 9.17) is 17.3 Å². The first-order valence-corrected chi connectivity index (χ1v) is 9.84. The maximum absolute atomic E-state index is 12.4. The SMILES string of the molecule is CC(C)c1cnc(N2CCC3(CC2)Cc2sc(Cl)nc2C3N)c(=O)[nH]1. The normalized spacial score (nSPS) is 22.0. The van der Waals surface area contributed by atoms with E-state index >= 15 is 0 Å². The summed E-state index contributed by atoms with van der Waals surface area (Å²) in [6.45, 7) is 5.65. The van der Waals surface area contributed by atoms with E-state index in [-0.39, 0.29) is 22.9 Å². The number of aromatic nitrogens is 3. The molecule has 25 heavy (non-hydrogen) atoms. The number of anilines is 1. The molecule has 3 N–H and O–H groups in total. The van der Waals surface area contributed by atoms with Gasteiger partial charge in [-0.3, -0.25) is 4.79 Å². The molecule has 2 aromatic rings. The van der Waals surface area contributed by atoms with E-state index in [1.54, 1.807) is 17.5 Å². The van der Waals surface area contributed by atoms with Gasteiger partial charge in [0.1, 0.15) is 0 Å². The first-order chi connectivity index (χ1) is 11.9. The standard InChI is InChI=1S/C17H22ClN5OS/c1-9(2)10-8-20-14(15(24)21-10)23-5-3-17(4-6-23)7-11-12(13(17)19)22-16(18)25-11/h8-9,13H,3-7,19H2,1-2H3,(H,21,24). The van der Waals surface area contributed by atoms with Crippen LogP contribution in [0.4, 0.5) is 5.82 Å². The number of halogens is 1. The molecule has 4 rings (SSSR count). The zero-order chi connectivity index (χ0) is 17.8. The molecule has 6 nitrogen and oxygen atoms in total. The van der Waals surface area contributed by atoms with Crippen molar-refractivity contribution in [1.82, 2.24) is 15.0 Å². The molecular weight excluding hydrogens is 358 g/mol. The van der Waals surface area contributed by atoms with E-state index < -0.39 is 0 Å². The summed E-state index contributed by atoms with van der Waals surface area (Å²) in [4.78, 5) is 27.5. The number of nitrogens with two attached hydrogens (primary N) is 1. The molecule has 0 radical (unpaired) electrons. The largest absolute Gasteiger partial charge is 0.352 e. The second-order valence-corrected chi connectivity index (χ2v) is 9.09. The maximum atomic E-state index is 12.4. The third-order valence-electron chi connectivity index (χ3n) is 5.64. The van der Waals surface area contributed by atoms with Gasteiger partial charge in [0.2, 0.25) is 0 Å². The van der Waals surface area contributed by atoms with Crippen molar-refractivity contribution in [2.24, 2.45) is 11.1 Å². The molecule has 8 heteroatoms. The van der Waals surface area contributed by atoms with E-state index in [0.29, 0.717) is 10.3 Å². The van der Waals surface area contributed by atoms with Gasteiger partial charge in [-0.2, -0.15) is 0 Å². The summed E-state index contributed by atoms with van der Waals surface area (Å²) in [6, 6.07) is -0.0667. The molecule has 0 saturated carbocycles. The predicted molar refractivity (Wildman–Crippen MR) is 101 cm³/mol. The zero-order valence-corrected chi connectivity index (χ0v) is 16.0. The van der Waals surface area contributed by atoms with Crippen LogP contribution in [0.5, 0.6) is 0 Å². The molecule has 2 aromatic heterocycles. The van der Waals surface area contributed by atoms with Crippen molar-refractivity contribution in [2.75, 3.05) is 18.0 Å². The molecule has 0 aromatic carbocycles. The highest BCUT2D eigenvalue weighted by atomic mass is 35.5. The van der Waals surface area contributed by atoms with Crippen LogP contribution in [0.15, 0.2) is 11.0 Å². The molecule has 134 valence electrons. The van der Waals surface area contributed by atoms with E-state index in [2.05, 4.69) is 19.9 Å². The van der Waals surface area contributed by atoms with E-state index in [1.165, 1.54) is 4.88 Å². The number of hydrogen-bond acceptors (Lipinski definition) is 6. The van der Waals surface area contributed by atoms with Gasteiger partial charge < -0.3 is 15.6 Å². The Labute approximate surface area is 155 Å². The van der Waals surface area contributed by atoms with Crippen LogP contribution in [0.25, 0.3) is 0 Å². The van der Waals surface area contributed by atoms with Gasteiger partial charge in [0.15, 0.2) is 10.3 Å². The molecule has 0 bridgehead atoms. The summed E-state index contributed by atoms with van der Waals surface area (Å²) in [5.41, 5.74) is 8.30. The van der Waals surface area contributed by atoms with Gasteiger partial charge >= 0.3 is 0 Å². The third kappa shape index (κ3) is 2.78. The zero-order valence-electron chi connectivity index (χ0n) is 14.4. The highest BCUT2D eigenvalue weighted by Crippen LogP contribution is 2.52. The summed E-state index contributed by atoms with van der Waals surface area (Å²) < 4.78 is 0.578. The summed E-state index contributed by atoms with van der Waals surface area (Å²) in [5, 5.41) is 0. The minimum Gasteiger partial charge on any atom is -0.352 e. The van der Waals surface area contributed by atoms with E-state index in [9.17, 15) is 4.79 Å². The second-order valence-electron chi connectivity index (χ2n) is 7.43. The number of rotatable bonds is 2. The van der Waals surface area contributed by atoms with Gasteiger partial charge in [0.25, 0.3) is 5.56 Å². The lowest BCUT2D eigenvalue weighted by Crippen LogP contribution is -2.46. The van der Waals surface area contributed by atoms with Crippen molar-refractivity contribution < 1.29 is 0 Å². The Bertz CT molecular complexity index is 853. The van der Waals surface area contributed by atoms with Crippen LogP contribution in [0.2, 0.25) is 4.47 Å². The number of nitrogens with one attached hydrogen (secondary N) is 1. The minimum atomic E-state index is -0.106. The smallest absolute Gasteiger partial charge is 0.291 e. The molecule has 1 saturated heterocycles. The lowest BCUT2D eigenvalue weighted by atomic mass is 9.73. The van der Waals surface area contributed by atoms with Crippen LogP contribution in [-0.4, -0.2) is 28.0 Å².